The number of carbonyl (C=O) groups is 6. The number of alkyl halides is 3. The van der Waals surface area contributed by atoms with Gasteiger partial charge in [-0.2, -0.15) is 13.2 Å². The number of amides is 6. The lowest BCUT2D eigenvalue weighted by atomic mass is 9.96. The van der Waals surface area contributed by atoms with Crippen molar-refractivity contribution in [3.05, 3.63) is 422 Å². The molecule has 1 aliphatic rings. The van der Waals surface area contributed by atoms with Crippen molar-refractivity contribution in [3.8, 4) is 73.3 Å². The first-order valence-corrected chi connectivity index (χ1v) is 51.1. The van der Waals surface area contributed by atoms with Crippen LogP contribution in [0.2, 0.25) is 10.0 Å². The van der Waals surface area contributed by atoms with Crippen LogP contribution in [0.5, 0.6) is 5.75 Å². The van der Waals surface area contributed by atoms with E-state index >= 15 is 0 Å². The van der Waals surface area contributed by atoms with Gasteiger partial charge in [-0.05, 0) is 156 Å². The number of thiazole rings is 6. The molecular weight excluding hydrogens is 2030 g/mol. The number of aromatic nitrogens is 12. The third-order valence-corrected chi connectivity index (χ3v) is 26.9. The zero-order chi connectivity index (χ0) is 103. The van der Waals surface area contributed by atoms with Crippen molar-refractivity contribution >= 4 is 157 Å². The predicted octanol–water partition coefficient (Wildman–Crippen LogP) is 24.9. The first-order chi connectivity index (χ1) is 71.5. The van der Waals surface area contributed by atoms with E-state index in [1.807, 2.05) is 198 Å². The van der Waals surface area contributed by atoms with E-state index in [0.717, 1.165) is 115 Å². The van der Waals surface area contributed by atoms with E-state index in [1.165, 1.54) is 62.2 Å². The maximum absolute atomic E-state index is 13.1. The second-order valence-corrected chi connectivity index (χ2v) is 37.8. The smallest absolute Gasteiger partial charge is 0.416 e. The van der Waals surface area contributed by atoms with Crippen LogP contribution in [-0.4, -0.2) is 105 Å². The Balaban J connectivity index is 0.000000133. The number of rotatable bonds is 28. The van der Waals surface area contributed by atoms with E-state index in [4.69, 9.17) is 27.9 Å². The van der Waals surface area contributed by atoms with Crippen molar-refractivity contribution in [2.75, 3.05) is 31.9 Å². The standard InChI is InChI=1S/C23H19N3O2S.C18H15N3OS.C18H17N3OS.C17H11F4N3OS.2C16H12ClN3O2S/c27-22(26-23-25-20(16-29-23)18-10-12-24-13-11-18)14-19-8-4-5-9-21(19)28-15-17-6-2-1-3-7-17;22-17(15-10-14(15)12-4-2-1-3-5-12)21-18-20-16(11-23-18)13-6-8-19-9-7-13;1-2-15(13-6-4-3-5-7-13)17(22)21-18-20-16(12-23-18)14-8-10-19-11-9-14;18-12-2-1-11(13(8-12)17(19,20)21)7-15(25)24-16-23-14(9-26-16)10-3-5-22-6-4-10;17-12-3-1-11(2-4-12)14(21)15(22)20-16-19-13(9-23-16)10-5-7-18-8-6-10;17-12-4-2-1-3-11(12)14(21)15(22)20-16-19-13(9-23-16)10-5-7-18-8-6-10/h1-13,16H,14-15H2,(H,25,26,27);1-9,11,14-15H,10H2,(H,20,21,22);3-12,15H,2H2,1H3,(H,20,21,22);1-6,8-9H,7H2,(H,23,24,25);2*1-9,14,21H,(H,19,20,22)/t;14-,15?;;;;/m.0..../s1. The molecule has 0 saturated heterocycles. The average molecular weight is 2120 g/mol. The molecule has 27 nitrogen and oxygen atoms in total. The van der Waals surface area contributed by atoms with Crippen molar-refractivity contribution in [1.82, 2.24) is 59.8 Å². The third-order valence-electron chi connectivity index (χ3n) is 21.7. The van der Waals surface area contributed by atoms with Crippen LogP contribution in [0.1, 0.15) is 88.3 Å². The molecule has 12 heterocycles. The highest BCUT2D eigenvalue weighted by Crippen LogP contribution is 2.48. The van der Waals surface area contributed by atoms with Crippen LogP contribution >= 0.6 is 91.2 Å². The molecule has 12 aromatic heterocycles. The zero-order valence-electron chi connectivity index (χ0n) is 77.4. The molecule has 5 atom stereocenters. The average Bonchev–Trinajstić information content (AvgIpc) is 1.71. The second kappa shape index (κ2) is 52.5. The summed E-state index contributed by atoms with van der Waals surface area (Å²) < 4.78 is 58.0. The number of ether oxygens (including phenoxy) is 1. The van der Waals surface area contributed by atoms with E-state index in [0.29, 0.717) is 76.9 Å². The number of aliphatic hydroxyl groups excluding tert-OH is 2. The number of nitrogens with one attached hydrogen (secondary N) is 6. The Kier molecular flexibility index (Phi) is 37.7. The molecule has 4 unspecified atom stereocenters. The van der Waals surface area contributed by atoms with Crippen LogP contribution in [0.15, 0.2) is 361 Å². The number of halogens is 6. The summed E-state index contributed by atoms with van der Waals surface area (Å²) in [4.78, 5) is 124. The summed E-state index contributed by atoms with van der Waals surface area (Å²) in [5.74, 6) is -1.92. The van der Waals surface area contributed by atoms with Gasteiger partial charge in [-0.15, -0.1) is 68.0 Å². The van der Waals surface area contributed by atoms with Gasteiger partial charge in [-0.1, -0.05) is 176 Å². The fraction of sp³-hybridized carbons (Fsp3) is 0.111. The summed E-state index contributed by atoms with van der Waals surface area (Å²) in [5, 5.41) is 51.7. The maximum Gasteiger partial charge on any atom is 0.416 e. The Hall–Kier alpha value is -15.9. The van der Waals surface area contributed by atoms with Crippen LogP contribution in [0.25, 0.3) is 67.5 Å². The molecule has 39 heteroatoms. The van der Waals surface area contributed by atoms with Gasteiger partial charge in [0.15, 0.2) is 43.0 Å². The highest BCUT2D eigenvalue weighted by Gasteiger charge is 2.44. The summed E-state index contributed by atoms with van der Waals surface area (Å²) in [7, 11) is 0. The van der Waals surface area contributed by atoms with Gasteiger partial charge in [-0.3, -0.25) is 69.3 Å². The first-order valence-electron chi connectivity index (χ1n) is 45.0. The molecule has 8 N–H and O–H groups in total. The predicted molar refractivity (Wildman–Crippen MR) is 569 cm³/mol. The van der Waals surface area contributed by atoms with Crippen LogP contribution in [0.3, 0.4) is 0 Å². The van der Waals surface area contributed by atoms with Gasteiger partial charge in [0.2, 0.25) is 23.6 Å². The molecule has 7 aromatic carbocycles. The molecule has 0 aliphatic heterocycles. The Bertz CT molecular complexity index is 7520. The minimum absolute atomic E-state index is 0.0191. The lowest BCUT2D eigenvalue weighted by Gasteiger charge is -2.14. The van der Waals surface area contributed by atoms with E-state index in [-0.39, 0.29) is 46.7 Å². The fourth-order valence-electron chi connectivity index (χ4n) is 14.3. The largest absolute Gasteiger partial charge is 0.489 e. The summed E-state index contributed by atoms with van der Waals surface area (Å²) in [6, 6.07) is 75.2. The molecule has 740 valence electrons. The number of pyridine rings is 6. The highest BCUT2D eigenvalue weighted by molar-refractivity contribution is 7.15. The SMILES string of the molecule is CCC(C(=O)Nc1nc(-c2ccncc2)cs1)c1ccccc1.O=C(Cc1ccc(F)cc1C(F)(F)F)Nc1nc(-c2ccncc2)cs1.O=C(Cc1ccccc1OCc1ccccc1)Nc1nc(-c2ccncc2)cs1.O=C(Nc1nc(-c2ccncc2)cs1)C(O)c1ccc(Cl)cc1.O=C(Nc1nc(-c2ccncc2)cs1)C(O)c1ccccc1Cl.O=C(Nc1nc(-c2ccncc2)cs1)C1C[C@H]1c1ccccc1. The third kappa shape index (κ3) is 31.1. The van der Waals surface area contributed by atoms with E-state index in [1.54, 1.807) is 140 Å². The normalized spacial score (nSPS) is 12.7. The van der Waals surface area contributed by atoms with Crippen molar-refractivity contribution in [2.24, 2.45) is 5.92 Å². The number of anilines is 6. The number of benzene rings is 7. The Morgan fingerprint density at radius 3 is 1.17 bits per heavy atom. The molecule has 0 spiro atoms. The summed E-state index contributed by atoms with van der Waals surface area (Å²) in [6.45, 7) is 2.47. The highest BCUT2D eigenvalue weighted by atomic mass is 35.5. The molecule has 6 amide bonds. The number of nitrogens with zero attached hydrogens (tertiary/aromatic N) is 12. The molecular formula is C108H86Cl2F4N18O9S6. The van der Waals surface area contributed by atoms with E-state index < -0.39 is 53.9 Å². The lowest BCUT2D eigenvalue weighted by molar-refractivity contribution is -0.138. The second-order valence-electron chi connectivity index (χ2n) is 31.8. The topological polar surface area (TPSA) is 379 Å². The van der Waals surface area contributed by atoms with Crippen molar-refractivity contribution in [3.63, 3.8) is 0 Å². The Morgan fingerprint density at radius 2 is 0.755 bits per heavy atom. The summed E-state index contributed by atoms with van der Waals surface area (Å²) >= 11 is 19.8. The molecule has 20 rings (SSSR count). The molecule has 0 bridgehead atoms. The van der Waals surface area contributed by atoms with E-state index in [2.05, 4.69) is 104 Å². The molecule has 1 saturated carbocycles. The van der Waals surface area contributed by atoms with Crippen molar-refractivity contribution < 1.29 is 61.3 Å². The lowest BCUT2D eigenvalue weighted by Crippen LogP contribution is -2.21. The zero-order valence-corrected chi connectivity index (χ0v) is 83.8. The van der Waals surface area contributed by atoms with Crippen LogP contribution in [0.4, 0.5) is 48.4 Å². The first kappa shape index (κ1) is 105. The number of hydrogen-bond donors (Lipinski definition) is 8. The van der Waals surface area contributed by atoms with Crippen LogP contribution in [-0.2, 0) is 54.4 Å². The quantitative estimate of drug-likeness (QED) is 0.0211. The fourth-order valence-corrected chi connectivity index (χ4v) is 19.0. The molecule has 147 heavy (non-hydrogen) atoms. The minimum atomic E-state index is -4.74. The van der Waals surface area contributed by atoms with Crippen LogP contribution in [0, 0.1) is 11.7 Å². The van der Waals surface area contributed by atoms with Gasteiger partial charge < -0.3 is 36.2 Å². The van der Waals surface area contributed by atoms with Crippen LogP contribution < -0.4 is 36.6 Å². The molecule has 19 aromatic rings. The van der Waals surface area contributed by atoms with Gasteiger partial charge in [0.25, 0.3) is 11.8 Å². The van der Waals surface area contributed by atoms with Gasteiger partial charge >= 0.3 is 6.18 Å². The van der Waals surface area contributed by atoms with Gasteiger partial charge in [0.05, 0.1) is 58.5 Å². The summed E-state index contributed by atoms with van der Waals surface area (Å²) in [5.41, 5.74) is 13.8. The number of para-hydroxylation sites is 1. The number of carbonyl (C=O) groups excluding carboxylic acids is 6. The van der Waals surface area contributed by atoms with Gasteiger partial charge in [-0.25, -0.2) is 34.3 Å². The van der Waals surface area contributed by atoms with Crippen molar-refractivity contribution in [2.45, 2.75) is 69.4 Å². The Labute approximate surface area is 874 Å². The minimum Gasteiger partial charge on any atom is -0.489 e. The molecule has 0 radical (unpaired) electrons. The monoisotopic (exact) mass is 2120 g/mol. The Morgan fingerprint density at radius 1 is 0.395 bits per heavy atom. The van der Waals surface area contributed by atoms with Crippen molar-refractivity contribution in [1.29, 1.82) is 0 Å². The maximum atomic E-state index is 13.1. The number of aliphatic hydroxyl groups is 2. The van der Waals surface area contributed by atoms with Gasteiger partial charge in [0.1, 0.15) is 18.2 Å². The van der Waals surface area contributed by atoms with E-state index in [9.17, 15) is 56.5 Å². The summed E-state index contributed by atoms with van der Waals surface area (Å²) in [6.07, 6.45) is 14.2. The van der Waals surface area contributed by atoms with Gasteiger partial charge in [0, 0.05) is 167 Å². The molecule has 1 aliphatic carbocycles. The number of hydrogen-bond acceptors (Lipinski definition) is 27. The molecule has 1 fully saturated rings.